The Morgan fingerprint density at radius 2 is 0.967 bits per heavy atom. The van der Waals surface area contributed by atoms with Gasteiger partial charge in [-0.05, 0) is 117 Å². The Labute approximate surface area is 357 Å². The zero-order valence-corrected chi connectivity index (χ0v) is 34.0. The molecule has 10 aromatic rings. The number of hydrogen-bond acceptors (Lipinski definition) is 1. The fourth-order valence-electron chi connectivity index (χ4n) is 10.0. The molecule has 290 valence electrons. The van der Waals surface area contributed by atoms with Crippen LogP contribution in [0.15, 0.2) is 219 Å². The second-order valence-electron chi connectivity index (χ2n) is 16.3. The third-order valence-corrected chi connectivity index (χ3v) is 12.9. The molecule has 0 saturated heterocycles. The van der Waals surface area contributed by atoms with Gasteiger partial charge in [-0.2, -0.15) is 0 Å². The van der Waals surface area contributed by atoms with E-state index in [2.05, 4.69) is 229 Å². The predicted octanol–water partition coefficient (Wildman–Crippen LogP) is 15.4. The van der Waals surface area contributed by atoms with Crippen LogP contribution >= 0.6 is 0 Å². The maximum atomic E-state index is 4.07. The van der Waals surface area contributed by atoms with Crippen molar-refractivity contribution in [1.29, 1.82) is 0 Å². The van der Waals surface area contributed by atoms with Gasteiger partial charge >= 0.3 is 0 Å². The number of hydrogen-bond donors (Lipinski definition) is 0. The largest absolute Gasteiger partial charge is 0.310 e. The molecule has 0 spiro atoms. The summed E-state index contributed by atoms with van der Waals surface area (Å²) in [5.41, 5.74) is 16.6. The molecule has 0 atom stereocenters. The summed E-state index contributed by atoms with van der Waals surface area (Å²) in [6.07, 6.45) is 5.48. The molecule has 0 amide bonds. The van der Waals surface area contributed by atoms with Crippen LogP contribution in [0.4, 0.5) is 17.1 Å². The SMILES string of the molecule is C=Cc1ccc(CC2(Cc3ccc(C=C)cc3)c3cc(N(c4ccccc4)c4cccc5ccccc45)ccc3-c3ccc(-n4c5ccccc5c5ccccc54)cc32)cc1. The Kier molecular flexibility index (Phi) is 8.86. The maximum absolute atomic E-state index is 4.07. The van der Waals surface area contributed by atoms with E-state index in [1.165, 1.54) is 71.6 Å². The highest BCUT2D eigenvalue weighted by atomic mass is 15.1. The van der Waals surface area contributed by atoms with Gasteiger partial charge in [-0.3, -0.25) is 0 Å². The van der Waals surface area contributed by atoms with Gasteiger partial charge in [-0.25, -0.2) is 0 Å². The average Bonchev–Trinajstić information content (AvgIpc) is 3.79. The molecule has 0 radical (unpaired) electrons. The van der Waals surface area contributed by atoms with Crippen LogP contribution in [0.2, 0.25) is 0 Å². The first-order valence-electron chi connectivity index (χ1n) is 21.2. The molecule has 1 aliphatic carbocycles. The summed E-state index contributed by atoms with van der Waals surface area (Å²) in [7, 11) is 0. The molecular weight excluding hydrogens is 737 g/mol. The van der Waals surface area contributed by atoms with Gasteiger partial charge in [-0.15, -0.1) is 0 Å². The first-order chi connectivity index (χ1) is 30.1. The Morgan fingerprint density at radius 1 is 0.443 bits per heavy atom. The van der Waals surface area contributed by atoms with Gasteiger partial charge in [0.05, 0.1) is 16.7 Å². The van der Waals surface area contributed by atoms with Crippen molar-refractivity contribution >= 4 is 61.8 Å². The average molecular weight is 781 g/mol. The molecule has 2 heteroatoms. The van der Waals surface area contributed by atoms with Crippen molar-refractivity contribution in [3.05, 3.63) is 253 Å². The third kappa shape index (κ3) is 6.10. The summed E-state index contributed by atoms with van der Waals surface area (Å²) in [5, 5.41) is 4.95. The van der Waals surface area contributed by atoms with E-state index in [1.54, 1.807) is 0 Å². The van der Waals surface area contributed by atoms with Crippen LogP contribution in [-0.4, -0.2) is 4.57 Å². The molecular formula is C59H44N2. The van der Waals surface area contributed by atoms with Crippen LogP contribution in [-0.2, 0) is 18.3 Å². The maximum Gasteiger partial charge on any atom is 0.0541 e. The molecule has 0 N–H and O–H groups in total. The van der Waals surface area contributed by atoms with Crippen molar-refractivity contribution in [2.24, 2.45) is 0 Å². The van der Waals surface area contributed by atoms with Gasteiger partial charge in [-0.1, -0.05) is 177 Å². The molecule has 1 aliphatic rings. The Morgan fingerprint density at radius 3 is 1.59 bits per heavy atom. The molecule has 11 rings (SSSR count). The van der Waals surface area contributed by atoms with Crippen LogP contribution in [0.3, 0.4) is 0 Å². The number of aromatic nitrogens is 1. The van der Waals surface area contributed by atoms with Crippen LogP contribution < -0.4 is 4.90 Å². The van der Waals surface area contributed by atoms with E-state index in [1.807, 2.05) is 12.2 Å². The van der Waals surface area contributed by atoms with E-state index in [-0.39, 0.29) is 0 Å². The number of nitrogens with zero attached hydrogens (tertiary/aromatic N) is 2. The highest BCUT2D eigenvalue weighted by molar-refractivity contribution is 6.09. The molecule has 0 saturated carbocycles. The number of rotatable bonds is 10. The van der Waals surface area contributed by atoms with Crippen LogP contribution in [0.5, 0.6) is 0 Å². The Hall–Kier alpha value is -7.68. The lowest BCUT2D eigenvalue weighted by molar-refractivity contribution is 0.520. The highest BCUT2D eigenvalue weighted by Gasteiger charge is 2.44. The van der Waals surface area contributed by atoms with E-state index < -0.39 is 5.41 Å². The Bertz CT molecular complexity index is 3170. The first-order valence-corrected chi connectivity index (χ1v) is 21.2. The normalized spacial score (nSPS) is 12.7. The van der Waals surface area contributed by atoms with Crippen LogP contribution in [0.25, 0.3) is 61.5 Å². The topological polar surface area (TPSA) is 8.17 Å². The predicted molar refractivity (Wildman–Crippen MR) is 260 cm³/mol. The van der Waals surface area contributed by atoms with E-state index >= 15 is 0 Å². The van der Waals surface area contributed by atoms with E-state index in [0.29, 0.717) is 0 Å². The number of anilines is 3. The summed E-state index contributed by atoms with van der Waals surface area (Å²) < 4.78 is 2.46. The lowest BCUT2D eigenvalue weighted by atomic mass is 9.69. The van der Waals surface area contributed by atoms with Gasteiger partial charge in [0.25, 0.3) is 0 Å². The van der Waals surface area contributed by atoms with E-state index in [9.17, 15) is 0 Å². The smallest absolute Gasteiger partial charge is 0.0541 e. The lowest BCUT2D eigenvalue weighted by Crippen LogP contribution is -2.31. The summed E-state index contributed by atoms with van der Waals surface area (Å²) in [6, 6.07) is 76.2. The first kappa shape index (κ1) is 36.4. The molecule has 0 fully saturated rings. The number of benzene rings is 9. The van der Waals surface area contributed by atoms with Gasteiger partial charge in [0.1, 0.15) is 0 Å². The second-order valence-corrected chi connectivity index (χ2v) is 16.3. The Balaban J connectivity index is 1.19. The third-order valence-electron chi connectivity index (χ3n) is 12.9. The molecule has 0 aliphatic heterocycles. The minimum Gasteiger partial charge on any atom is -0.310 e. The fourth-order valence-corrected chi connectivity index (χ4v) is 10.0. The molecule has 0 bridgehead atoms. The molecule has 1 heterocycles. The molecule has 2 nitrogen and oxygen atoms in total. The lowest BCUT2D eigenvalue weighted by Gasteiger charge is -2.35. The standard InChI is InChI=1S/C59H44N2/c1-3-41-25-29-43(30-26-41)39-59(40-44-31-27-42(4-2)28-32-44)54-37-47(60(46-17-6-5-7-18-46)56-24-14-16-45-15-8-9-19-49(45)56)33-35-50(54)51-36-34-48(38-55(51)59)61-57-22-12-10-20-52(57)53-21-11-13-23-58(53)61/h3-38H,1-2,39-40H2. The van der Waals surface area contributed by atoms with Crippen molar-refractivity contribution in [3.63, 3.8) is 0 Å². The van der Waals surface area contributed by atoms with Gasteiger partial charge in [0.15, 0.2) is 0 Å². The summed E-state index contributed by atoms with van der Waals surface area (Å²) in [4.78, 5) is 2.44. The summed E-state index contributed by atoms with van der Waals surface area (Å²) in [6.45, 7) is 8.13. The number of para-hydroxylation sites is 3. The van der Waals surface area contributed by atoms with Gasteiger partial charge < -0.3 is 9.47 Å². The van der Waals surface area contributed by atoms with E-state index in [4.69, 9.17) is 0 Å². The van der Waals surface area contributed by atoms with Crippen LogP contribution in [0, 0.1) is 0 Å². The summed E-state index contributed by atoms with van der Waals surface area (Å²) >= 11 is 0. The summed E-state index contributed by atoms with van der Waals surface area (Å²) in [5.74, 6) is 0. The fraction of sp³-hybridized carbons (Fsp3) is 0.0508. The zero-order valence-electron chi connectivity index (χ0n) is 34.0. The van der Waals surface area contributed by atoms with E-state index in [0.717, 1.165) is 41.0 Å². The monoisotopic (exact) mass is 780 g/mol. The minimum absolute atomic E-state index is 0.429. The van der Waals surface area contributed by atoms with Crippen molar-refractivity contribution in [2.75, 3.05) is 4.90 Å². The van der Waals surface area contributed by atoms with Gasteiger partial charge in [0, 0.05) is 38.6 Å². The molecule has 0 unspecified atom stereocenters. The van der Waals surface area contributed by atoms with Crippen molar-refractivity contribution in [3.8, 4) is 16.8 Å². The van der Waals surface area contributed by atoms with Crippen molar-refractivity contribution in [2.45, 2.75) is 18.3 Å². The molecule has 61 heavy (non-hydrogen) atoms. The zero-order chi connectivity index (χ0) is 40.9. The second kappa shape index (κ2) is 14.9. The van der Waals surface area contributed by atoms with Crippen molar-refractivity contribution < 1.29 is 0 Å². The number of fused-ring (bicyclic) bond motifs is 7. The highest BCUT2D eigenvalue weighted by Crippen LogP contribution is 2.55. The molecule has 9 aromatic carbocycles. The van der Waals surface area contributed by atoms with Crippen LogP contribution in [0.1, 0.15) is 33.4 Å². The van der Waals surface area contributed by atoms with Crippen molar-refractivity contribution in [1.82, 2.24) is 4.57 Å². The van der Waals surface area contributed by atoms with Gasteiger partial charge in [0.2, 0.25) is 0 Å². The minimum atomic E-state index is -0.429. The molecule has 1 aromatic heterocycles. The quantitative estimate of drug-likeness (QED) is 0.134.